The summed E-state index contributed by atoms with van der Waals surface area (Å²) in [6, 6.07) is 0.914. The van der Waals surface area contributed by atoms with Gasteiger partial charge in [-0.3, -0.25) is 4.90 Å². The molecule has 0 aliphatic carbocycles. The molecule has 0 aromatic rings. The van der Waals surface area contributed by atoms with Crippen LogP contribution < -0.4 is 5.32 Å². The molecule has 1 N–H and O–H groups in total. The van der Waals surface area contributed by atoms with Crippen LogP contribution in [0.15, 0.2) is 0 Å². The van der Waals surface area contributed by atoms with Crippen LogP contribution in [0.25, 0.3) is 0 Å². The van der Waals surface area contributed by atoms with Crippen LogP contribution in [0, 0.1) is 0 Å². The molecule has 4 nitrogen and oxygen atoms in total. The first-order chi connectivity index (χ1) is 8.63. The summed E-state index contributed by atoms with van der Waals surface area (Å²) >= 11 is 0. The second-order valence-electron chi connectivity index (χ2n) is 6.81. The number of hydrogen-bond acceptors (Lipinski definition) is 4. The largest absolute Gasteiger partial charge is 0.313 e. The summed E-state index contributed by atoms with van der Waals surface area (Å²) in [5, 5.41) is 3.48. The molecule has 1 heterocycles. The van der Waals surface area contributed by atoms with Crippen molar-refractivity contribution in [2.24, 2.45) is 0 Å². The van der Waals surface area contributed by atoms with E-state index in [2.05, 4.69) is 24.1 Å². The molecular formula is C14H30N2O2S. The van der Waals surface area contributed by atoms with Gasteiger partial charge in [0, 0.05) is 25.2 Å². The smallest absolute Gasteiger partial charge is 0.156 e. The van der Waals surface area contributed by atoms with Crippen molar-refractivity contribution in [3.8, 4) is 0 Å². The molecule has 0 radical (unpaired) electrons. The van der Waals surface area contributed by atoms with Gasteiger partial charge < -0.3 is 5.32 Å². The fourth-order valence-corrected chi connectivity index (χ4v) is 3.39. The van der Waals surface area contributed by atoms with Gasteiger partial charge in [0.05, 0.1) is 10.5 Å². The number of nitrogens with one attached hydrogen (secondary N) is 1. The van der Waals surface area contributed by atoms with Gasteiger partial charge in [0.25, 0.3) is 0 Å². The van der Waals surface area contributed by atoms with Crippen molar-refractivity contribution in [3.63, 3.8) is 0 Å². The first kappa shape index (κ1) is 16.9. The summed E-state index contributed by atoms with van der Waals surface area (Å²) < 4.78 is 23.7. The number of nitrogens with zero attached hydrogens (tertiary/aromatic N) is 1. The van der Waals surface area contributed by atoms with Gasteiger partial charge in [-0.05, 0) is 54.0 Å². The molecule has 1 aliphatic heterocycles. The van der Waals surface area contributed by atoms with Crippen molar-refractivity contribution in [1.82, 2.24) is 10.2 Å². The van der Waals surface area contributed by atoms with E-state index in [4.69, 9.17) is 0 Å². The third-order valence-corrected chi connectivity index (χ3v) is 6.51. The van der Waals surface area contributed by atoms with Gasteiger partial charge in [-0.25, -0.2) is 8.42 Å². The van der Waals surface area contributed by atoms with E-state index in [9.17, 15) is 8.42 Å². The van der Waals surface area contributed by atoms with Crippen molar-refractivity contribution in [2.45, 2.75) is 64.3 Å². The van der Waals surface area contributed by atoms with Gasteiger partial charge in [0.2, 0.25) is 0 Å². The Balaban J connectivity index is 2.55. The van der Waals surface area contributed by atoms with Crippen molar-refractivity contribution in [2.75, 3.05) is 25.4 Å². The number of rotatable bonds is 6. The van der Waals surface area contributed by atoms with E-state index in [0.717, 1.165) is 13.1 Å². The molecule has 1 atom stereocenters. The SMILES string of the molecule is CC(C)N(CCS(=O)(=O)C(C)(C)C)CC1CCCN1. The van der Waals surface area contributed by atoms with Gasteiger partial charge in [0.1, 0.15) is 0 Å². The van der Waals surface area contributed by atoms with Gasteiger partial charge in [-0.1, -0.05) is 0 Å². The molecule has 0 aromatic carbocycles. The highest BCUT2D eigenvalue weighted by molar-refractivity contribution is 7.92. The van der Waals surface area contributed by atoms with E-state index >= 15 is 0 Å². The lowest BCUT2D eigenvalue weighted by Gasteiger charge is -2.30. The molecule has 114 valence electrons. The van der Waals surface area contributed by atoms with E-state index in [-0.39, 0.29) is 5.75 Å². The maximum absolute atomic E-state index is 12.2. The highest BCUT2D eigenvalue weighted by Crippen LogP contribution is 2.17. The van der Waals surface area contributed by atoms with Crippen LogP contribution in [0.1, 0.15) is 47.5 Å². The Morgan fingerprint density at radius 2 is 1.95 bits per heavy atom. The summed E-state index contributed by atoms with van der Waals surface area (Å²) in [7, 11) is -3.02. The van der Waals surface area contributed by atoms with Crippen LogP contribution in [0.4, 0.5) is 0 Å². The molecule has 0 bridgehead atoms. The summed E-state index contributed by atoms with van der Waals surface area (Å²) in [5.74, 6) is 0.251. The predicted molar refractivity (Wildman–Crippen MR) is 81.3 cm³/mol. The van der Waals surface area contributed by atoms with Crippen LogP contribution in [-0.4, -0.2) is 55.5 Å². The van der Waals surface area contributed by atoms with E-state index < -0.39 is 14.6 Å². The Labute approximate surface area is 118 Å². The Bertz CT molecular complexity index is 365. The van der Waals surface area contributed by atoms with Crippen molar-refractivity contribution in [3.05, 3.63) is 0 Å². The molecule has 1 rings (SSSR count). The van der Waals surface area contributed by atoms with Gasteiger partial charge >= 0.3 is 0 Å². The van der Waals surface area contributed by atoms with Gasteiger partial charge in [-0.2, -0.15) is 0 Å². The van der Waals surface area contributed by atoms with Crippen LogP contribution in [0.5, 0.6) is 0 Å². The highest BCUT2D eigenvalue weighted by Gasteiger charge is 2.30. The lowest BCUT2D eigenvalue weighted by Crippen LogP contribution is -2.44. The van der Waals surface area contributed by atoms with Crippen molar-refractivity contribution >= 4 is 9.84 Å². The molecular weight excluding hydrogens is 260 g/mol. The van der Waals surface area contributed by atoms with Crippen LogP contribution in [0.2, 0.25) is 0 Å². The molecule has 0 amide bonds. The third-order valence-electron chi connectivity index (χ3n) is 3.93. The minimum Gasteiger partial charge on any atom is -0.313 e. The maximum Gasteiger partial charge on any atom is 0.156 e. The van der Waals surface area contributed by atoms with Crippen LogP contribution >= 0.6 is 0 Å². The molecule has 5 heteroatoms. The monoisotopic (exact) mass is 290 g/mol. The quantitative estimate of drug-likeness (QED) is 0.808. The summed E-state index contributed by atoms with van der Waals surface area (Å²) in [4.78, 5) is 2.28. The molecule has 19 heavy (non-hydrogen) atoms. The third kappa shape index (κ3) is 5.04. The van der Waals surface area contributed by atoms with E-state index in [1.165, 1.54) is 12.8 Å². The molecule has 1 aliphatic rings. The summed E-state index contributed by atoms with van der Waals surface area (Å²) in [6.45, 7) is 12.3. The Hall–Kier alpha value is -0.130. The van der Waals surface area contributed by atoms with Crippen LogP contribution in [-0.2, 0) is 9.84 Å². The number of sulfone groups is 1. The van der Waals surface area contributed by atoms with Gasteiger partial charge in [0.15, 0.2) is 9.84 Å². The first-order valence-corrected chi connectivity index (χ1v) is 8.98. The second-order valence-corrected chi connectivity index (χ2v) is 9.68. The normalized spacial score (nSPS) is 21.5. The van der Waals surface area contributed by atoms with Crippen molar-refractivity contribution < 1.29 is 8.42 Å². The maximum atomic E-state index is 12.2. The van der Waals surface area contributed by atoms with E-state index in [1.807, 2.05) is 0 Å². The Morgan fingerprint density at radius 3 is 2.37 bits per heavy atom. The zero-order chi connectivity index (χ0) is 14.7. The molecule has 0 saturated carbocycles. The fraction of sp³-hybridized carbons (Fsp3) is 1.00. The minimum absolute atomic E-state index is 0.251. The lowest BCUT2D eigenvalue weighted by molar-refractivity contribution is 0.214. The van der Waals surface area contributed by atoms with Crippen LogP contribution in [0.3, 0.4) is 0 Å². The molecule has 1 unspecified atom stereocenters. The Kier molecular flexibility index (Phi) is 5.83. The summed E-state index contributed by atoms with van der Waals surface area (Å²) in [5.41, 5.74) is 0. The second kappa shape index (κ2) is 6.55. The Morgan fingerprint density at radius 1 is 1.32 bits per heavy atom. The van der Waals surface area contributed by atoms with Crippen molar-refractivity contribution in [1.29, 1.82) is 0 Å². The molecule has 0 spiro atoms. The predicted octanol–water partition coefficient (Wildman–Crippen LogP) is 1.66. The zero-order valence-electron chi connectivity index (χ0n) is 13.1. The molecule has 1 saturated heterocycles. The topological polar surface area (TPSA) is 49.4 Å². The standard InChI is InChI=1S/C14H30N2O2S/c1-12(2)16(11-13-7-6-8-15-13)9-10-19(17,18)14(3,4)5/h12-13,15H,6-11H2,1-5H3. The van der Waals surface area contributed by atoms with E-state index in [0.29, 0.717) is 18.6 Å². The average Bonchev–Trinajstić information content (AvgIpc) is 2.74. The first-order valence-electron chi connectivity index (χ1n) is 7.33. The average molecular weight is 290 g/mol. The lowest BCUT2D eigenvalue weighted by atomic mass is 10.2. The fourth-order valence-electron chi connectivity index (χ4n) is 2.30. The van der Waals surface area contributed by atoms with Gasteiger partial charge in [-0.15, -0.1) is 0 Å². The number of hydrogen-bond donors (Lipinski definition) is 1. The summed E-state index contributed by atoms with van der Waals surface area (Å²) in [6.07, 6.45) is 2.44. The molecule has 0 aromatic heterocycles. The molecule has 1 fully saturated rings. The minimum atomic E-state index is -3.02. The highest BCUT2D eigenvalue weighted by atomic mass is 32.2. The zero-order valence-corrected chi connectivity index (χ0v) is 13.9. The van der Waals surface area contributed by atoms with E-state index in [1.54, 1.807) is 20.8 Å².